The van der Waals surface area contributed by atoms with Crippen LogP contribution < -0.4 is 16.2 Å². The lowest BCUT2D eigenvalue weighted by molar-refractivity contribution is -0.135. The SMILES string of the molecule is C[C@H](N)C(=O)Oc1ccc(N)cc1. The van der Waals surface area contributed by atoms with E-state index < -0.39 is 12.0 Å². The van der Waals surface area contributed by atoms with Gasteiger partial charge in [-0.1, -0.05) is 0 Å². The maximum Gasteiger partial charge on any atom is 0.328 e. The molecular weight excluding hydrogens is 168 g/mol. The highest BCUT2D eigenvalue weighted by Gasteiger charge is 2.09. The molecule has 0 aromatic heterocycles. The van der Waals surface area contributed by atoms with E-state index in [9.17, 15) is 4.79 Å². The van der Waals surface area contributed by atoms with E-state index in [-0.39, 0.29) is 0 Å². The molecular formula is C9H12N2O2. The first-order valence-electron chi connectivity index (χ1n) is 3.92. The summed E-state index contributed by atoms with van der Waals surface area (Å²) in [5.41, 5.74) is 11.4. The number of carbonyl (C=O) groups excluding carboxylic acids is 1. The minimum absolute atomic E-state index is 0.454. The molecule has 0 spiro atoms. The van der Waals surface area contributed by atoms with Gasteiger partial charge in [0.15, 0.2) is 0 Å². The summed E-state index contributed by atoms with van der Waals surface area (Å²) >= 11 is 0. The van der Waals surface area contributed by atoms with Crippen LogP contribution in [0.4, 0.5) is 5.69 Å². The van der Waals surface area contributed by atoms with Crippen LogP contribution in [0.15, 0.2) is 24.3 Å². The van der Waals surface area contributed by atoms with Crippen LogP contribution in [0.2, 0.25) is 0 Å². The van der Waals surface area contributed by atoms with E-state index >= 15 is 0 Å². The molecule has 1 atom stereocenters. The predicted molar refractivity (Wildman–Crippen MR) is 50.1 cm³/mol. The van der Waals surface area contributed by atoms with Crippen molar-refractivity contribution >= 4 is 11.7 Å². The third kappa shape index (κ3) is 2.76. The average molecular weight is 180 g/mol. The molecule has 0 bridgehead atoms. The van der Waals surface area contributed by atoms with Gasteiger partial charge in [0.2, 0.25) is 0 Å². The lowest BCUT2D eigenvalue weighted by Crippen LogP contribution is -2.30. The quantitative estimate of drug-likeness (QED) is 0.395. The summed E-state index contributed by atoms with van der Waals surface area (Å²) in [5.74, 6) is 0.00118. The van der Waals surface area contributed by atoms with Crippen LogP contribution in [-0.4, -0.2) is 12.0 Å². The highest BCUT2D eigenvalue weighted by atomic mass is 16.5. The number of rotatable bonds is 2. The molecule has 1 rings (SSSR count). The Balaban J connectivity index is 2.65. The van der Waals surface area contributed by atoms with E-state index in [1.807, 2.05) is 0 Å². The summed E-state index contributed by atoms with van der Waals surface area (Å²) in [6.07, 6.45) is 0. The fourth-order valence-electron chi connectivity index (χ4n) is 0.745. The van der Waals surface area contributed by atoms with Crippen molar-refractivity contribution in [3.63, 3.8) is 0 Å². The zero-order valence-electron chi connectivity index (χ0n) is 7.36. The van der Waals surface area contributed by atoms with Gasteiger partial charge in [-0.15, -0.1) is 0 Å². The molecule has 0 aliphatic heterocycles. The van der Waals surface area contributed by atoms with Gasteiger partial charge in [0.25, 0.3) is 0 Å². The first kappa shape index (κ1) is 9.54. The number of ether oxygens (including phenoxy) is 1. The Labute approximate surface area is 76.5 Å². The van der Waals surface area contributed by atoms with Crippen LogP contribution in [0.5, 0.6) is 5.75 Å². The van der Waals surface area contributed by atoms with E-state index in [1.54, 1.807) is 31.2 Å². The summed E-state index contributed by atoms with van der Waals surface area (Å²) in [4.78, 5) is 11.0. The number of nitrogen functional groups attached to an aromatic ring is 1. The molecule has 0 aliphatic carbocycles. The minimum atomic E-state index is -0.613. The molecule has 0 saturated carbocycles. The molecule has 0 radical (unpaired) electrons. The van der Waals surface area contributed by atoms with Gasteiger partial charge < -0.3 is 16.2 Å². The number of anilines is 1. The van der Waals surface area contributed by atoms with Gasteiger partial charge in [0.1, 0.15) is 11.8 Å². The molecule has 4 heteroatoms. The van der Waals surface area contributed by atoms with Gasteiger partial charge >= 0.3 is 5.97 Å². The van der Waals surface area contributed by atoms with E-state index in [0.717, 1.165) is 0 Å². The van der Waals surface area contributed by atoms with Gasteiger partial charge in [-0.25, -0.2) is 4.79 Å². The monoisotopic (exact) mass is 180 g/mol. The standard InChI is InChI=1S/C9H12N2O2/c1-6(10)9(12)13-8-4-2-7(11)3-5-8/h2-6H,10-11H2,1H3/t6-/m0/s1. The third-order valence-electron chi connectivity index (χ3n) is 1.47. The molecule has 0 unspecified atom stereocenters. The zero-order chi connectivity index (χ0) is 9.84. The minimum Gasteiger partial charge on any atom is -0.425 e. The Hall–Kier alpha value is -1.55. The predicted octanol–water partition coefficient (Wildman–Crippen LogP) is 0.521. The Bertz CT molecular complexity index is 293. The highest BCUT2D eigenvalue weighted by molar-refractivity contribution is 5.77. The lowest BCUT2D eigenvalue weighted by atomic mass is 10.3. The second kappa shape index (κ2) is 3.91. The fraction of sp³-hybridized carbons (Fsp3) is 0.222. The van der Waals surface area contributed by atoms with Crippen molar-refractivity contribution in [1.29, 1.82) is 0 Å². The van der Waals surface area contributed by atoms with E-state index in [0.29, 0.717) is 11.4 Å². The summed E-state index contributed by atoms with van der Waals surface area (Å²) in [7, 11) is 0. The van der Waals surface area contributed by atoms with Gasteiger partial charge in [-0.3, -0.25) is 0 Å². The first-order chi connectivity index (χ1) is 6.09. The van der Waals surface area contributed by atoms with Crippen molar-refractivity contribution in [2.24, 2.45) is 5.73 Å². The van der Waals surface area contributed by atoms with Crippen molar-refractivity contribution in [1.82, 2.24) is 0 Å². The molecule has 0 fully saturated rings. The number of nitrogens with two attached hydrogens (primary N) is 2. The molecule has 1 aromatic carbocycles. The van der Waals surface area contributed by atoms with E-state index in [4.69, 9.17) is 16.2 Å². The van der Waals surface area contributed by atoms with Gasteiger partial charge in [-0.05, 0) is 31.2 Å². The second-order valence-electron chi connectivity index (χ2n) is 2.78. The molecule has 4 nitrogen and oxygen atoms in total. The number of carbonyl (C=O) groups is 1. The number of hydrogen-bond acceptors (Lipinski definition) is 4. The Morgan fingerprint density at radius 1 is 1.38 bits per heavy atom. The number of hydrogen-bond donors (Lipinski definition) is 2. The third-order valence-corrected chi connectivity index (χ3v) is 1.47. The van der Waals surface area contributed by atoms with Crippen molar-refractivity contribution < 1.29 is 9.53 Å². The van der Waals surface area contributed by atoms with Crippen LogP contribution in [-0.2, 0) is 4.79 Å². The van der Waals surface area contributed by atoms with E-state index in [2.05, 4.69) is 0 Å². The van der Waals surface area contributed by atoms with Crippen molar-refractivity contribution in [3.8, 4) is 5.75 Å². The zero-order valence-corrected chi connectivity index (χ0v) is 7.36. The van der Waals surface area contributed by atoms with Crippen molar-refractivity contribution in [2.45, 2.75) is 13.0 Å². The van der Waals surface area contributed by atoms with E-state index in [1.165, 1.54) is 0 Å². The van der Waals surface area contributed by atoms with Crippen LogP contribution in [0.3, 0.4) is 0 Å². The molecule has 70 valence electrons. The molecule has 13 heavy (non-hydrogen) atoms. The maximum absolute atomic E-state index is 11.0. The molecule has 0 saturated heterocycles. The van der Waals surface area contributed by atoms with Crippen LogP contribution in [0.1, 0.15) is 6.92 Å². The van der Waals surface area contributed by atoms with Crippen LogP contribution >= 0.6 is 0 Å². The fourth-order valence-corrected chi connectivity index (χ4v) is 0.745. The smallest absolute Gasteiger partial charge is 0.328 e. The topological polar surface area (TPSA) is 78.3 Å². The number of benzene rings is 1. The Morgan fingerprint density at radius 3 is 2.38 bits per heavy atom. The normalized spacial score (nSPS) is 12.2. The average Bonchev–Trinajstić information content (AvgIpc) is 2.08. The largest absolute Gasteiger partial charge is 0.425 e. The molecule has 0 heterocycles. The highest BCUT2D eigenvalue weighted by Crippen LogP contribution is 2.13. The van der Waals surface area contributed by atoms with Crippen LogP contribution in [0, 0.1) is 0 Å². The van der Waals surface area contributed by atoms with Gasteiger partial charge in [-0.2, -0.15) is 0 Å². The molecule has 4 N–H and O–H groups in total. The summed E-state index contributed by atoms with van der Waals surface area (Å²) in [6.45, 7) is 1.57. The lowest BCUT2D eigenvalue weighted by Gasteiger charge is -2.06. The Kier molecular flexibility index (Phi) is 2.87. The summed E-state index contributed by atoms with van der Waals surface area (Å²) in [5, 5.41) is 0. The summed E-state index contributed by atoms with van der Waals surface area (Å²) in [6, 6.07) is 5.94. The first-order valence-corrected chi connectivity index (χ1v) is 3.92. The number of esters is 1. The summed E-state index contributed by atoms with van der Waals surface area (Å²) < 4.78 is 4.91. The maximum atomic E-state index is 11.0. The molecule has 0 aliphatic rings. The second-order valence-corrected chi connectivity index (χ2v) is 2.78. The molecule has 1 aromatic rings. The van der Waals surface area contributed by atoms with Crippen molar-refractivity contribution in [2.75, 3.05) is 5.73 Å². The van der Waals surface area contributed by atoms with Crippen LogP contribution in [0.25, 0.3) is 0 Å². The molecule has 0 amide bonds. The Morgan fingerprint density at radius 2 is 1.92 bits per heavy atom. The van der Waals surface area contributed by atoms with Gasteiger partial charge in [0.05, 0.1) is 0 Å². The van der Waals surface area contributed by atoms with Crippen molar-refractivity contribution in [3.05, 3.63) is 24.3 Å². The van der Waals surface area contributed by atoms with Gasteiger partial charge in [0, 0.05) is 5.69 Å².